The number of ether oxygens (including phenoxy) is 1. The van der Waals surface area contributed by atoms with Crippen LogP contribution in [0.4, 0.5) is 79.0 Å². The van der Waals surface area contributed by atoms with Crippen molar-refractivity contribution in [2.75, 3.05) is 83.9 Å². The number of likely N-dealkylation sites (tertiary alicyclic amines) is 4. The number of imidazole rings is 1. The summed E-state index contributed by atoms with van der Waals surface area (Å²) in [5.74, 6) is -5.41. The summed E-state index contributed by atoms with van der Waals surface area (Å²) in [5, 5.41) is 24.0. The van der Waals surface area contributed by atoms with Crippen LogP contribution in [0.1, 0.15) is 134 Å². The van der Waals surface area contributed by atoms with E-state index in [9.17, 15) is 70.7 Å². The number of nitrogens with zero attached hydrogens (tertiary/aromatic N) is 20. The molecule has 0 radical (unpaired) electrons. The van der Waals surface area contributed by atoms with E-state index >= 15 is 0 Å². The molecule has 0 spiro atoms. The SMILES string of the molecule is CC[C@@H](NC(=O)N1C(=O)[C@H](Cc2ccnc(N)c2)[C@H]1C(=O)N(C)c1ccn(C)n1)c1cc(C)ccc1F.CC[C@@H](NC(=O)N1C(=O)[C@H](Cc2ccnc(N)c2)[C@H]1C(=O)N(C)c1ccn(C)n1)c1cc(F)ccc1F.CC[C@@H](NC(=O)N1C(=O)[C@H](Cc2ccnc(N)c2)[C@H]1C(=O)N(C)c1ccn(C)n1)c1ccc(C)cc1.CC[C@@H](NC(=O)N1C(=O)[C@H](Cc2ccnc(N)c2)[C@H]1C(=O)N(C)c1nccn1C)C1CCOCC1. The number of aryl methyl sites for hydroxylation is 6. The highest BCUT2D eigenvalue weighted by Gasteiger charge is 2.60. The zero-order valence-electron chi connectivity index (χ0n) is 83.0. The highest BCUT2D eigenvalue weighted by atomic mass is 19.1. The molecule has 11 aromatic rings. The van der Waals surface area contributed by atoms with Crippen LogP contribution >= 0.6 is 0 Å². The molecule has 8 aromatic heterocycles. The minimum absolute atomic E-state index is 0.0545. The van der Waals surface area contributed by atoms with E-state index < -0.39 is 131 Å². The van der Waals surface area contributed by atoms with Gasteiger partial charge in [0, 0.05) is 161 Å². The second kappa shape index (κ2) is 46.6. The normalized spacial score (nSPS) is 18.7. The molecule has 0 bridgehead atoms. The fourth-order valence-electron chi connectivity index (χ4n) is 18.5. The molecule has 16 amide bonds. The third-order valence-electron chi connectivity index (χ3n) is 26.5. The van der Waals surface area contributed by atoms with Gasteiger partial charge in [-0.15, -0.1) is 0 Å². The first-order valence-corrected chi connectivity index (χ1v) is 47.5. The van der Waals surface area contributed by atoms with Crippen LogP contribution in [-0.2, 0) is 97.0 Å². The number of likely N-dealkylation sites (N-methyl/N-ethyl adjacent to an activating group) is 4. The van der Waals surface area contributed by atoms with Crippen molar-refractivity contribution in [2.24, 2.45) is 57.8 Å². The fraction of sp³-hybridized carbons (Fsp3) is 0.386. The summed E-state index contributed by atoms with van der Waals surface area (Å²) in [4.78, 5) is 190. The Hall–Kier alpha value is -16.3. The number of halogens is 3. The molecule has 13 heterocycles. The van der Waals surface area contributed by atoms with Crippen LogP contribution in [0.3, 0.4) is 0 Å². The van der Waals surface area contributed by atoms with Crippen LogP contribution in [0.15, 0.2) is 183 Å². The number of rotatable bonds is 28. The molecule has 16 rings (SSSR count). The van der Waals surface area contributed by atoms with Gasteiger partial charge in [-0.3, -0.25) is 91.6 Å². The number of nitrogens with one attached hydrogen (secondary N) is 4. The first kappa shape index (κ1) is 106. The van der Waals surface area contributed by atoms with Gasteiger partial charge in [-0.25, -0.2) is 57.3 Å². The standard InChI is InChI=1S/C26H30FN7O3.C26H31N7O3.C25H27F2N7O3.C24H33N7O4/c1-5-20(17-12-15(2)6-7-19(17)27)30-26(37)34-23(25(36)33(4)22-9-11-32(3)31-22)18(24(34)35)13-16-8-10-29-21(28)14-16;1-5-20(18-8-6-16(2)7-9-18)29-26(36)33-23(25(35)32(4)22-11-13-31(3)30-22)19(24(33)34)14-17-10-12-28-21(27)15-17;1-4-19(16-13-15(26)5-6-18(16)27)30-25(37)34-22(24(36)33(3)21-8-10-32(2)31-21)17(23(34)35)11-14-7-9-29-20(28)12-14;1-4-18(16-6-11-35-12-7-16)28-24(34)31-20(22(33)30(3)23-27-9-10-29(23)2)17(21(31)32)13-15-5-8-26-19(25)14-15/h6-12,14,18,20,23H,5,13H2,1-4H3,(H2,28,29)(H,30,37);6-13,15,19-20,23H,5,14H2,1-4H3,(H2,27,28)(H,29,36);5-10,12-13,17,19,22H,4,11H2,1-3H3,(H2,28,29)(H,30,37);5,8-10,14,16-18,20H,4,6-7,11-13H2,1-3H3,(H2,25,26)(H,28,34)/t18-,20-,23+;19-,20-,23+;17-,19-,22+;17-,18-,20+/m1111/s1. The van der Waals surface area contributed by atoms with E-state index in [2.05, 4.69) is 61.5 Å². The minimum atomic E-state index is -1.15. The van der Waals surface area contributed by atoms with Crippen LogP contribution in [0.5, 0.6) is 0 Å². The zero-order chi connectivity index (χ0) is 105. The Morgan fingerprint density at radius 3 is 1.05 bits per heavy atom. The van der Waals surface area contributed by atoms with Crippen molar-refractivity contribution in [1.29, 1.82) is 0 Å². The van der Waals surface area contributed by atoms with Crippen LogP contribution in [-0.4, -0.2) is 221 Å². The number of imide groups is 4. The van der Waals surface area contributed by atoms with Crippen molar-refractivity contribution in [3.05, 3.63) is 251 Å². The molecule has 5 saturated heterocycles. The van der Waals surface area contributed by atoms with Crippen molar-refractivity contribution in [3.8, 4) is 0 Å². The van der Waals surface area contributed by atoms with E-state index in [0.29, 0.717) is 78.0 Å². The maximum absolute atomic E-state index is 14.6. The van der Waals surface area contributed by atoms with Gasteiger partial charge in [0.05, 0.1) is 41.8 Å². The molecule has 5 fully saturated rings. The van der Waals surface area contributed by atoms with Crippen LogP contribution < -0.4 is 63.8 Å². The van der Waals surface area contributed by atoms with Crippen molar-refractivity contribution >= 4 is 118 Å². The number of nitrogen functional groups attached to an aromatic ring is 4. The molecule has 0 unspecified atom stereocenters. The van der Waals surface area contributed by atoms with Gasteiger partial charge < -0.3 is 53.5 Å². The van der Waals surface area contributed by atoms with E-state index in [1.807, 2.05) is 52.0 Å². The van der Waals surface area contributed by atoms with E-state index in [-0.39, 0.29) is 79.2 Å². The number of nitrogens with two attached hydrogens (primary N) is 4. The molecule has 5 aliphatic rings. The Morgan fingerprint density at radius 2 is 0.724 bits per heavy atom. The molecule has 12 atom stereocenters. The fourth-order valence-corrected chi connectivity index (χ4v) is 18.5. The molecular formula is C101H121F3N28O13. The lowest BCUT2D eigenvalue weighted by Gasteiger charge is -2.46. The van der Waals surface area contributed by atoms with E-state index in [1.54, 1.807) is 199 Å². The predicted octanol–water partition coefficient (Wildman–Crippen LogP) is 9.25. The number of hydrogen-bond donors (Lipinski definition) is 8. The predicted molar refractivity (Wildman–Crippen MR) is 532 cm³/mol. The van der Waals surface area contributed by atoms with Gasteiger partial charge in [0.1, 0.15) is 64.9 Å². The molecule has 0 aliphatic carbocycles. The van der Waals surface area contributed by atoms with Crippen molar-refractivity contribution < 1.29 is 75.4 Å². The summed E-state index contributed by atoms with van der Waals surface area (Å²) in [6.07, 6.45) is 19.1. The van der Waals surface area contributed by atoms with Gasteiger partial charge >= 0.3 is 24.1 Å². The second-order valence-electron chi connectivity index (χ2n) is 36.4. The molecule has 3 aromatic carbocycles. The van der Waals surface area contributed by atoms with Crippen LogP contribution in [0, 0.1) is 60.9 Å². The van der Waals surface area contributed by atoms with E-state index in [1.165, 1.54) is 49.8 Å². The second-order valence-corrected chi connectivity index (χ2v) is 36.4. The maximum Gasteiger partial charge on any atom is 0.325 e. The first-order valence-electron chi connectivity index (χ1n) is 47.5. The minimum Gasteiger partial charge on any atom is -0.384 e. The number of benzene rings is 3. The molecule has 145 heavy (non-hydrogen) atoms. The topological polar surface area (TPSA) is 515 Å². The largest absolute Gasteiger partial charge is 0.384 e. The highest BCUT2D eigenvalue weighted by Crippen LogP contribution is 2.40. The van der Waals surface area contributed by atoms with Crippen molar-refractivity contribution in [2.45, 2.75) is 154 Å². The number of pyridine rings is 4. The molecule has 764 valence electrons. The summed E-state index contributed by atoms with van der Waals surface area (Å²) in [7, 11) is 13.2. The molecule has 44 heteroatoms. The van der Waals surface area contributed by atoms with Gasteiger partial charge in [0.25, 0.3) is 23.6 Å². The monoisotopic (exact) mass is 1990 g/mol. The lowest BCUT2D eigenvalue weighted by atomic mass is 9.81. The van der Waals surface area contributed by atoms with Gasteiger partial charge in [-0.2, -0.15) is 15.3 Å². The number of β-lactam (4-membered cyclic amide) rings is 4. The van der Waals surface area contributed by atoms with Crippen molar-refractivity contribution in [1.82, 2.24) is 99.7 Å². The molecule has 0 saturated carbocycles. The average molecular weight is 1990 g/mol. The van der Waals surface area contributed by atoms with Crippen LogP contribution in [0.25, 0.3) is 0 Å². The lowest BCUT2D eigenvalue weighted by molar-refractivity contribution is -0.156. The smallest absolute Gasteiger partial charge is 0.325 e. The molecular weight excluding hydrogens is 1870 g/mol. The number of carbonyl (C=O) groups excluding carboxylic acids is 12. The zero-order valence-corrected chi connectivity index (χ0v) is 83.0. The van der Waals surface area contributed by atoms with Crippen LogP contribution in [0.2, 0.25) is 0 Å². The Morgan fingerprint density at radius 1 is 0.393 bits per heavy atom. The number of amides is 16. The first-order chi connectivity index (χ1) is 69.2. The third-order valence-corrected chi connectivity index (χ3v) is 26.5. The number of anilines is 8. The Kier molecular flexibility index (Phi) is 34.1. The number of aromatic nitrogens is 12. The molecule has 12 N–H and O–H groups in total. The maximum atomic E-state index is 14.6. The Balaban J connectivity index is 0.000000162. The number of hydrogen-bond acceptors (Lipinski definition) is 25. The average Bonchev–Trinajstić information content (AvgIpc) is 1.39. The third kappa shape index (κ3) is 24.2. The summed E-state index contributed by atoms with van der Waals surface area (Å²) in [6, 6.07) is 25.0. The summed E-state index contributed by atoms with van der Waals surface area (Å²) < 4.78 is 54.5. The van der Waals surface area contributed by atoms with Gasteiger partial charge in [0.15, 0.2) is 17.5 Å². The summed E-state index contributed by atoms with van der Waals surface area (Å²) >= 11 is 0. The molecule has 5 aliphatic heterocycles. The quantitative estimate of drug-likeness (QED) is 0.0212. The Bertz CT molecular complexity index is 6380. The van der Waals surface area contributed by atoms with Crippen molar-refractivity contribution in [3.63, 3.8) is 0 Å². The van der Waals surface area contributed by atoms with Gasteiger partial charge in [-0.05, 0) is 185 Å². The number of carbonyl (C=O) groups is 12. The van der Waals surface area contributed by atoms with E-state index in [4.69, 9.17) is 27.7 Å². The van der Waals surface area contributed by atoms with Gasteiger partial charge in [-0.1, -0.05) is 75.2 Å². The Labute approximate surface area is 835 Å². The highest BCUT2D eigenvalue weighted by molar-refractivity contribution is 6.15. The summed E-state index contributed by atoms with van der Waals surface area (Å²) in [5.41, 5.74) is 29.2. The number of urea groups is 4. The lowest BCUT2D eigenvalue weighted by Crippen LogP contribution is -2.71. The molecule has 41 nitrogen and oxygen atoms in total. The van der Waals surface area contributed by atoms with E-state index in [0.717, 1.165) is 90.4 Å². The van der Waals surface area contributed by atoms with Gasteiger partial charge in [0.2, 0.25) is 29.6 Å². The summed E-state index contributed by atoms with van der Waals surface area (Å²) in [6.45, 7) is 12.6.